The molecule has 1 saturated heterocycles. The van der Waals surface area contributed by atoms with Crippen LogP contribution in [0, 0.1) is 0 Å². The minimum Gasteiger partial charge on any atom is -0.409 e. The highest BCUT2D eigenvalue weighted by atomic mass is 35.5. The predicted molar refractivity (Wildman–Crippen MR) is 74.5 cm³/mol. The molecule has 1 atom stereocenters. The zero-order chi connectivity index (χ0) is 14.0. The number of halogens is 1. The molecule has 1 aliphatic rings. The second-order valence-electron chi connectivity index (χ2n) is 5.25. The molecule has 4 N–H and O–H groups in total. The van der Waals surface area contributed by atoms with E-state index in [-0.39, 0.29) is 5.84 Å². The first-order valence-electron chi connectivity index (χ1n) is 6.12. The molecule has 0 saturated carbocycles. The average molecular weight is 284 g/mol. The lowest BCUT2D eigenvalue weighted by Gasteiger charge is -2.19. The van der Waals surface area contributed by atoms with E-state index in [2.05, 4.69) is 10.1 Å². The first-order valence-corrected chi connectivity index (χ1v) is 6.50. The number of nitrogens with two attached hydrogens (primary N) is 1. The molecule has 0 aromatic heterocycles. The van der Waals surface area contributed by atoms with Crippen LogP contribution in [0.4, 0.5) is 0 Å². The topological polar surface area (TPSA) is 82.1 Å². The number of rotatable bonds is 3. The van der Waals surface area contributed by atoms with Crippen molar-refractivity contribution in [3.8, 4) is 0 Å². The van der Waals surface area contributed by atoms with Crippen LogP contribution in [-0.2, 0) is 6.54 Å². The lowest BCUT2D eigenvalue weighted by atomic mass is 10.1. The molecule has 0 amide bonds. The van der Waals surface area contributed by atoms with Crippen LogP contribution in [0.2, 0.25) is 5.02 Å². The molecule has 0 spiro atoms. The van der Waals surface area contributed by atoms with Gasteiger partial charge in [-0.1, -0.05) is 28.9 Å². The summed E-state index contributed by atoms with van der Waals surface area (Å²) in [5.41, 5.74) is 6.45. The van der Waals surface area contributed by atoms with Gasteiger partial charge in [-0.25, -0.2) is 0 Å². The fourth-order valence-electron chi connectivity index (χ4n) is 2.31. The van der Waals surface area contributed by atoms with Crippen molar-refractivity contribution in [1.82, 2.24) is 4.90 Å². The van der Waals surface area contributed by atoms with E-state index in [1.54, 1.807) is 12.1 Å². The van der Waals surface area contributed by atoms with E-state index in [9.17, 15) is 5.11 Å². The van der Waals surface area contributed by atoms with Gasteiger partial charge in [0.05, 0.1) is 5.60 Å². The Morgan fingerprint density at radius 3 is 2.84 bits per heavy atom. The number of benzene rings is 1. The number of likely N-dealkylation sites (tertiary alicyclic amines) is 1. The molecule has 19 heavy (non-hydrogen) atoms. The van der Waals surface area contributed by atoms with Crippen LogP contribution in [0.3, 0.4) is 0 Å². The highest BCUT2D eigenvalue weighted by Crippen LogP contribution is 2.25. The van der Waals surface area contributed by atoms with E-state index >= 15 is 0 Å². The summed E-state index contributed by atoms with van der Waals surface area (Å²) >= 11 is 6.20. The van der Waals surface area contributed by atoms with Crippen molar-refractivity contribution in [3.63, 3.8) is 0 Å². The molecule has 0 bridgehead atoms. The van der Waals surface area contributed by atoms with Crippen LogP contribution < -0.4 is 5.73 Å². The van der Waals surface area contributed by atoms with E-state index < -0.39 is 5.60 Å². The van der Waals surface area contributed by atoms with Crippen LogP contribution in [0.5, 0.6) is 0 Å². The molecule has 1 heterocycles. The van der Waals surface area contributed by atoms with E-state index in [4.69, 9.17) is 22.5 Å². The minimum absolute atomic E-state index is 0.0394. The third kappa shape index (κ3) is 3.37. The molecule has 1 aromatic carbocycles. The fourth-order valence-corrected chi connectivity index (χ4v) is 2.55. The SMILES string of the molecule is CC1(O)CCN(Cc2ccc(/C(N)=N/O)cc2Cl)C1. The summed E-state index contributed by atoms with van der Waals surface area (Å²) in [5, 5.41) is 22.1. The van der Waals surface area contributed by atoms with Gasteiger partial charge in [0.15, 0.2) is 5.84 Å². The molecule has 2 rings (SSSR count). The normalized spacial score (nSPS) is 24.9. The zero-order valence-corrected chi connectivity index (χ0v) is 11.6. The standard InChI is InChI=1S/C13H18ClN3O2/c1-13(18)4-5-17(8-13)7-10-3-2-9(6-11(10)14)12(15)16-19/h2-3,6,18-19H,4-5,7-8H2,1H3,(H2,15,16). The largest absolute Gasteiger partial charge is 0.409 e. The lowest BCUT2D eigenvalue weighted by molar-refractivity contribution is 0.0679. The number of hydrogen-bond donors (Lipinski definition) is 3. The number of hydrogen-bond acceptors (Lipinski definition) is 4. The molecule has 6 heteroatoms. The Kier molecular flexibility index (Phi) is 3.99. The fraction of sp³-hybridized carbons (Fsp3) is 0.462. The van der Waals surface area contributed by atoms with Gasteiger partial charge in [0, 0.05) is 30.2 Å². The summed E-state index contributed by atoms with van der Waals surface area (Å²) in [6.07, 6.45) is 0.771. The van der Waals surface area contributed by atoms with Gasteiger partial charge < -0.3 is 16.0 Å². The number of oxime groups is 1. The molecular weight excluding hydrogens is 266 g/mol. The van der Waals surface area contributed by atoms with Gasteiger partial charge in [-0.15, -0.1) is 0 Å². The van der Waals surface area contributed by atoms with Gasteiger partial charge in [0.2, 0.25) is 0 Å². The molecule has 5 nitrogen and oxygen atoms in total. The third-order valence-corrected chi connectivity index (χ3v) is 3.73. The van der Waals surface area contributed by atoms with E-state index in [1.165, 1.54) is 0 Å². The maximum atomic E-state index is 9.93. The molecule has 1 fully saturated rings. The first kappa shape index (κ1) is 14.1. The van der Waals surface area contributed by atoms with Gasteiger partial charge in [-0.05, 0) is 25.0 Å². The van der Waals surface area contributed by atoms with Crippen LogP contribution in [-0.4, -0.2) is 39.7 Å². The molecule has 0 aliphatic carbocycles. The van der Waals surface area contributed by atoms with Crippen molar-refractivity contribution in [3.05, 3.63) is 34.3 Å². The summed E-state index contributed by atoms with van der Waals surface area (Å²) in [6, 6.07) is 5.31. The minimum atomic E-state index is -0.611. The Morgan fingerprint density at radius 2 is 2.32 bits per heavy atom. The predicted octanol–water partition coefficient (Wildman–Crippen LogP) is 1.39. The van der Waals surface area contributed by atoms with Gasteiger partial charge >= 0.3 is 0 Å². The van der Waals surface area contributed by atoms with Crippen molar-refractivity contribution < 1.29 is 10.3 Å². The third-order valence-electron chi connectivity index (χ3n) is 3.38. The number of nitrogens with zero attached hydrogens (tertiary/aromatic N) is 2. The first-order chi connectivity index (χ1) is 8.91. The molecular formula is C13H18ClN3O2. The number of β-amino-alcohol motifs (C(OH)–C–C–N with tert-alkyl or cyclic N) is 1. The monoisotopic (exact) mass is 283 g/mol. The zero-order valence-electron chi connectivity index (χ0n) is 10.8. The Hall–Kier alpha value is -1.30. The molecule has 0 radical (unpaired) electrons. The second-order valence-corrected chi connectivity index (χ2v) is 5.66. The van der Waals surface area contributed by atoms with E-state index in [0.29, 0.717) is 23.7 Å². The van der Waals surface area contributed by atoms with Crippen molar-refractivity contribution in [1.29, 1.82) is 0 Å². The van der Waals surface area contributed by atoms with Gasteiger partial charge in [-0.2, -0.15) is 0 Å². The Morgan fingerprint density at radius 1 is 1.58 bits per heavy atom. The van der Waals surface area contributed by atoms with Crippen molar-refractivity contribution >= 4 is 17.4 Å². The van der Waals surface area contributed by atoms with Crippen LogP contribution >= 0.6 is 11.6 Å². The van der Waals surface area contributed by atoms with Gasteiger partial charge in [0.1, 0.15) is 0 Å². The second kappa shape index (κ2) is 5.36. The molecule has 1 aliphatic heterocycles. The summed E-state index contributed by atoms with van der Waals surface area (Å²) in [4.78, 5) is 2.16. The maximum absolute atomic E-state index is 9.93. The average Bonchev–Trinajstić information content (AvgIpc) is 2.70. The van der Waals surface area contributed by atoms with Gasteiger partial charge in [0.25, 0.3) is 0 Å². The summed E-state index contributed by atoms with van der Waals surface area (Å²) in [5.74, 6) is 0.0394. The molecule has 1 aromatic rings. The Bertz CT molecular complexity index is 503. The van der Waals surface area contributed by atoms with Crippen LogP contribution in [0.1, 0.15) is 24.5 Å². The van der Waals surface area contributed by atoms with Crippen LogP contribution in [0.25, 0.3) is 0 Å². The summed E-state index contributed by atoms with van der Waals surface area (Å²) < 4.78 is 0. The number of aliphatic hydroxyl groups is 1. The smallest absolute Gasteiger partial charge is 0.170 e. The van der Waals surface area contributed by atoms with Crippen LogP contribution in [0.15, 0.2) is 23.4 Å². The number of amidine groups is 1. The van der Waals surface area contributed by atoms with Crippen molar-refractivity contribution in [2.24, 2.45) is 10.9 Å². The highest BCUT2D eigenvalue weighted by Gasteiger charge is 2.31. The lowest BCUT2D eigenvalue weighted by Crippen LogP contribution is -2.29. The van der Waals surface area contributed by atoms with E-state index in [1.807, 2.05) is 13.0 Å². The Balaban J connectivity index is 2.10. The Labute approximate surface area is 117 Å². The van der Waals surface area contributed by atoms with Crippen molar-refractivity contribution in [2.75, 3.05) is 13.1 Å². The quantitative estimate of drug-likeness (QED) is 0.339. The maximum Gasteiger partial charge on any atom is 0.170 e. The van der Waals surface area contributed by atoms with Gasteiger partial charge in [-0.3, -0.25) is 4.90 Å². The van der Waals surface area contributed by atoms with E-state index in [0.717, 1.165) is 18.5 Å². The molecule has 104 valence electrons. The summed E-state index contributed by atoms with van der Waals surface area (Å²) in [7, 11) is 0. The molecule has 1 unspecified atom stereocenters. The van der Waals surface area contributed by atoms with Crippen molar-refractivity contribution in [2.45, 2.75) is 25.5 Å². The summed E-state index contributed by atoms with van der Waals surface area (Å²) in [6.45, 7) is 4.03. The highest BCUT2D eigenvalue weighted by molar-refractivity contribution is 6.31.